The molecule has 0 aromatic heterocycles. The maximum atomic E-state index is 5.75. The predicted octanol–water partition coefficient (Wildman–Crippen LogP) is 1.81. The minimum absolute atomic E-state index is 0.369. The smallest absolute Gasteiger partial charge is 0.119 e. The first kappa shape index (κ1) is 15.2. The van der Waals surface area contributed by atoms with Crippen molar-refractivity contribution in [1.82, 2.24) is 4.90 Å². The van der Waals surface area contributed by atoms with E-state index >= 15 is 0 Å². The van der Waals surface area contributed by atoms with Gasteiger partial charge in [0.2, 0.25) is 0 Å². The zero-order chi connectivity index (χ0) is 14.4. The summed E-state index contributed by atoms with van der Waals surface area (Å²) in [6.45, 7) is 6.58. The fourth-order valence-corrected chi connectivity index (χ4v) is 2.37. The molecule has 0 spiro atoms. The van der Waals surface area contributed by atoms with Gasteiger partial charge in [-0.15, -0.1) is 0 Å². The largest absolute Gasteiger partial charge is 0.492 e. The molecule has 1 unspecified atom stereocenters. The van der Waals surface area contributed by atoms with Gasteiger partial charge in [-0.1, -0.05) is 19.1 Å². The molecule has 0 bridgehead atoms. The van der Waals surface area contributed by atoms with Crippen molar-refractivity contribution in [1.29, 1.82) is 0 Å². The summed E-state index contributed by atoms with van der Waals surface area (Å²) in [4.78, 5) is 2.80. The van der Waals surface area contributed by atoms with Crippen molar-refractivity contribution in [3.63, 3.8) is 0 Å². The monoisotopic (exact) mass is 294 g/mol. The van der Waals surface area contributed by atoms with Crippen molar-refractivity contribution in [3.8, 4) is 5.75 Å². The summed E-state index contributed by atoms with van der Waals surface area (Å²) in [5.74, 6) is 0.852. The second kappa shape index (κ2) is 7.57. The van der Waals surface area contributed by atoms with E-state index in [2.05, 4.69) is 11.8 Å². The third kappa shape index (κ3) is 4.44. The number of nitrogens with zero attached hydrogens (tertiary/aromatic N) is 1. The second-order valence-electron chi connectivity index (χ2n) is 4.94. The van der Waals surface area contributed by atoms with E-state index in [1.807, 2.05) is 24.3 Å². The van der Waals surface area contributed by atoms with Crippen molar-refractivity contribution < 1.29 is 9.47 Å². The van der Waals surface area contributed by atoms with Crippen LogP contribution in [0.5, 0.6) is 5.75 Å². The number of ether oxygens (including phenoxy) is 2. The number of hydrogen-bond donors (Lipinski definition) is 1. The number of thiocarbonyl (C=S) groups is 1. The summed E-state index contributed by atoms with van der Waals surface area (Å²) in [7, 11) is 0. The lowest BCUT2D eigenvalue weighted by atomic mass is 10.2. The highest BCUT2D eigenvalue weighted by molar-refractivity contribution is 7.80. The molecular formula is C15H22N2O2S. The number of nitrogens with two attached hydrogens (primary N) is 1. The van der Waals surface area contributed by atoms with E-state index in [4.69, 9.17) is 27.4 Å². The highest BCUT2D eigenvalue weighted by Crippen LogP contribution is 2.13. The van der Waals surface area contributed by atoms with Crippen LogP contribution in [0.25, 0.3) is 0 Å². The average molecular weight is 294 g/mol. The van der Waals surface area contributed by atoms with E-state index in [1.165, 1.54) is 0 Å². The van der Waals surface area contributed by atoms with E-state index < -0.39 is 0 Å². The molecular weight excluding hydrogens is 272 g/mol. The lowest BCUT2D eigenvalue weighted by molar-refractivity contribution is -0.0324. The first-order valence-corrected chi connectivity index (χ1v) is 7.46. The Bertz CT molecular complexity index is 436. The Balaban J connectivity index is 1.74. The summed E-state index contributed by atoms with van der Waals surface area (Å²) in [6.07, 6.45) is 1.44. The average Bonchev–Trinajstić information content (AvgIpc) is 2.48. The fraction of sp³-hybridized carbons (Fsp3) is 0.533. The molecule has 1 aromatic rings. The van der Waals surface area contributed by atoms with Gasteiger partial charge in [0.1, 0.15) is 17.3 Å². The van der Waals surface area contributed by atoms with Gasteiger partial charge < -0.3 is 15.2 Å². The normalized spacial score (nSPS) is 19.8. The molecule has 1 aliphatic rings. The van der Waals surface area contributed by atoms with E-state index in [1.54, 1.807) is 0 Å². The molecule has 110 valence electrons. The summed E-state index contributed by atoms with van der Waals surface area (Å²) in [5.41, 5.74) is 6.43. The Morgan fingerprint density at radius 1 is 1.45 bits per heavy atom. The van der Waals surface area contributed by atoms with Gasteiger partial charge >= 0.3 is 0 Å². The van der Waals surface area contributed by atoms with Crippen LogP contribution in [0.15, 0.2) is 24.3 Å². The van der Waals surface area contributed by atoms with Gasteiger partial charge in [-0.3, -0.25) is 4.90 Å². The van der Waals surface area contributed by atoms with Gasteiger partial charge in [0.05, 0.1) is 12.7 Å². The standard InChI is InChI=1S/C15H22N2O2S/c1-2-13-11-17(7-9-18-13)8-10-19-14-5-3-12(4-6-14)15(16)20/h3-6,13H,2,7-11H2,1H3,(H2,16,20). The van der Waals surface area contributed by atoms with Gasteiger partial charge in [0.15, 0.2) is 0 Å². The molecule has 0 saturated carbocycles. The molecule has 1 fully saturated rings. The highest BCUT2D eigenvalue weighted by Gasteiger charge is 2.18. The molecule has 1 saturated heterocycles. The van der Waals surface area contributed by atoms with E-state index in [-0.39, 0.29) is 0 Å². The molecule has 2 rings (SSSR count). The van der Waals surface area contributed by atoms with Crippen LogP contribution in [0.3, 0.4) is 0 Å². The molecule has 4 nitrogen and oxygen atoms in total. The van der Waals surface area contributed by atoms with Crippen molar-refractivity contribution in [3.05, 3.63) is 29.8 Å². The Morgan fingerprint density at radius 2 is 2.20 bits per heavy atom. The maximum Gasteiger partial charge on any atom is 0.119 e. The first-order valence-electron chi connectivity index (χ1n) is 7.05. The molecule has 5 heteroatoms. The van der Waals surface area contributed by atoms with Crippen LogP contribution in [-0.2, 0) is 4.74 Å². The molecule has 0 aliphatic carbocycles. The Labute approximate surface area is 125 Å². The summed E-state index contributed by atoms with van der Waals surface area (Å²) in [6, 6.07) is 7.59. The lowest BCUT2D eigenvalue weighted by Gasteiger charge is -2.32. The number of benzene rings is 1. The van der Waals surface area contributed by atoms with Crippen molar-refractivity contribution in [2.24, 2.45) is 5.73 Å². The SMILES string of the molecule is CCC1CN(CCOc2ccc(C(N)=S)cc2)CCO1. The quantitative estimate of drug-likeness (QED) is 0.811. The van der Waals surface area contributed by atoms with Crippen LogP contribution in [0.4, 0.5) is 0 Å². The van der Waals surface area contributed by atoms with Gasteiger partial charge in [0.25, 0.3) is 0 Å². The Kier molecular flexibility index (Phi) is 5.76. The lowest BCUT2D eigenvalue weighted by Crippen LogP contribution is -2.43. The van der Waals surface area contributed by atoms with Gasteiger partial charge in [-0.2, -0.15) is 0 Å². The van der Waals surface area contributed by atoms with Crippen molar-refractivity contribution in [2.45, 2.75) is 19.4 Å². The third-order valence-electron chi connectivity index (χ3n) is 3.49. The number of rotatable bonds is 6. The minimum Gasteiger partial charge on any atom is -0.492 e. The topological polar surface area (TPSA) is 47.7 Å². The zero-order valence-electron chi connectivity index (χ0n) is 11.9. The molecule has 0 radical (unpaired) electrons. The summed E-state index contributed by atoms with van der Waals surface area (Å²) < 4.78 is 11.4. The molecule has 0 amide bonds. The third-order valence-corrected chi connectivity index (χ3v) is 3.73. The van der Waals surface area contributed by atoms with Crippen LogP contribution >= 0.6 is 12.2 Å². The predicted molar refractivity (Wildman–Crippen MR) is 84.3 cm³/mol. The van der Waals surface area contributed by atoms with Crippen LogP contribution in [0, 0.1) is 0 Å². The minimum atomic E-state index is 0.369. The van der Waals surface area contributed by atoms with Gasteiger partial charge in [-0.05, 0) is 30.7 Å². The van der Waals surface area contributed by atoms with Gasteiger partial charge in [0, 0.05) is 25.2 Å². The van der Waals surface area contributed by atoms with Crippen molar-refractivity contribution >= 4 is 17.2 Å². The molecule has 20 heavy (non-hydrogen) atoms. The molecule has 1 aromatic carbocycles. The molecule has 1 aliphatic heterocycles. The Morgan fingerprint density at radius 3 is 2.85 bits per heavy atom. The van der Waals surface area contributed by atoms with E-state index in [0.29, 0.717) is 17.7 Å². The highest BCUT2D eigenvalue weighted by atomic mass is 32.1. The number of hydrogen-bond acceptors (Lipinski definition) is 4. The Hall–Kier alpha value is -1.17. The summed E-state index contributed by atoms with van der Waals surface area (Å²) >= 11 is 4.92. The van der Waals surface area contributed by atoms with Crippen LogP contribution < -0.4 is 10.5 Å². The van der Waals surface area contributed by atoms with Gasteiger partial charge in [-0.25, -0.2) is 0 Å². The molecule has 1 atom stereocenters. The first-order chi connectivity index (χ1) is 9.69. The summed E-state index contributed by atoms with van der Waals surface area (Å²) in [5, 5.41) is 0. The maximum absolute atomic E-state index is 5.75. The van der Waals surface area contributed by atoms with E-state index in [0.717, 1.165) is 44.0 Å². The molecule has 2 N–H and O–H groups in total. The van der Waals surface area contributed by atoms with Crippen molar-refractivity contribution in [2.75, 3.05) is 32.8 Å². The van der Waals surface area contributed by atoms with E-state index in [9.17, 15) is 0 Å². The zero-order valence-corrected chi connectivity index (χ0v) is 12.7. The van der Waals surface area contributed by atoms with Crippen LogP contribution in [0.1, 0.15) is 18.9 Å². The fourth-order valence-electron chi connectivity index (χ4n) is 2.24. The molecule has 1 heterocycles. The van der Waals surface area contributed by atoms with Crippen LogP contribution in [-0.4, -0.2) is 48.8 Å². The number of morpholine rings is 1. The second-order valence-corrected chi connectivity index (χ2v) is 5.38. The van der Waals surface area contributed by atoms with Crippen LogP contribution in [0.2, 0.25) is 0 Å².